The van der Waals surface area contributed by atoms with E-state index in [9.17, 15) is 14.4 Å². The van der Waals surface area contributed by atoms with Crippen molar-refractivity contribution in [1.82, 2.24) is 19.1 Å². The summed E-state index contributed by atoms with van der Waals surface area (Å²) >= 11 is 0. The number of aromatic amines is 1. The van der Waals surface area contributed by atoms with Gasteiger partial charge in [-0.1, -0.05) is 24.3 Å². The van der Waals surface area contributed by atoms with Crippen LogP contribution in [0.25, 0.3) is 28.6 Å². The molecule has 0 spiro atoms. The lowest BCUT2D eigenvalue weighted by Gasteiger charge is -2.04. The van der Waals surface area contributed by atoms with Gasteiger partial charge >= 0.3 is 11.7 Å². The molecule has 25 heavy (non-hydrogen) atoms. The van der Waals surface area contributed by atoms with Crippen molar-refractivity contribution >= 4 is 23.2 Å². The highest BCUT2D eigenvalue weighted by molar-refractivity contribution is 5.85. The minimum absolute atomic E-state index is 0.203. The third-order valence-electron chi connectivity index (χ3n) is 3.90. The molecule has 0 saturated carbocycles. The maximum atomic E-state index is 12.4. The minimum Gasteiger partial charge on any atom is -0.478 e. The van der Waals surface area contributed by atoms with Gasteiger partial charge in [-0.25, -0.2) is 14.6 Å². The number of aromatic nitrogens is 4. The van der Waals surface area contributed by atoms with Crippen molar-refractivity contribution in [2.45, 2.75) is 13.5 Å². The summed E-state index contributed by atoms with van der Waals surface area (Å²) in [5.41, 5.74) is 1.19. The van der Waals surface area contributed by atoms with Crippen LogP contribution in [0.3, 0.4) is 0 Å². The number of carboxylic acid groups (broad SMARTS) is 1. The van der Waals surface area contributed by atoms with Crippen LogP contribution >= 0.6 is 0 Å². The summed E-state index contributed by atoms with van der Waals surface area (Å²) in [5.74, 6) is -0.556. The fourth-order valence-electron chi connectivity index (χ4n) is 2.58. The first-order valence-corrected chi connectivity index (χ1v) is 7.63. The number of fused-ring (bicyclic) bond motifs is 1. The fraction of sp³-hybridized carbons (Fsp3) is 0.176. The van der Waals surface area contributed by atoms with Crippen molar-refractivity contribution in [3.63, 3.8) is 0 Å². The molecule has 3 aromatic rings. The molecular formula is C17H16N4O4. The zero-order valence-corrected chi connectivity index (χ0v) is 13.7. The Hall–Kier alpha value is -3.42. The summed E-state index contributed by atoms with van der Waals surface area (Å²) in [5, 5.41) is 8.64. The lowest BCUT2D eigenvalue weighted by Crippen LogP contribution is -2.38. The molecule has 1 aromatic carbocycles. The second-order valence-corrected chi connectivity index (χ2v) is 5.47. The van der Waals surface area contributed by atoms with Crippen LogP contribution in [0.4, 0.5) is 0 Å². The Kier molecular flexibility index (Phi) is 4.10. The normalized spacial score (nSPS) is 11.4. The van der Waals surface area contributed by atoms with E-state index in [4.69, 9.17) is 5.11 Å². The van der Waals surface area contributed by atoms with E-state index in [1.807, 2.05) is 0 Å². The first-order chi connectivity index (χ1) is 11.9. The molecule has 3 rings (SSSR count). The second kappa shape index (κ2) is 6.23. The van der Waals surface area contributed by atoms with Crippen molar-refractivity contribution in [2.75, 3.05) is 0 Å². The molecule has 0 fully saturated rings. The highest BCUT2D eigenvalue weighted by Gasteiger charge is 2.15. The van der Waals surface area contributed by atoms with E-state index in [0.29, 0.717) is 11.5 Å². The lowest BCUT2D eigenvalue weighted by molar-refractivity contribution is -0.131. The summed E-state index contributed by atoms with van der Waals surface area (Å²) in [7, 11) is 1.58. The van der Waals surface area contributed by atoms with Gasteiger partial charge in [-0.05, 0) is 18.6 Å². The molecule has 2 N–H and O–H groups in total. The van der Waals surface area contributed by atoms with Crippen LogP contribution in [0.2, 0.25) is 0 Å². The highest BCUT2D eigenvalue weighted by Crippen LogP contribution is 2.19. The van der Waals surface area contributed by atoms with Gasteiger partial charge in [-0.2, -0.15) is 0 Å². The molecule has 2 aromatic heterocycles. The predicted molar refractivity (Wildman–Crippen MR) is 93.4 cm³/mol. The van der Waals surface area contributed by atoms with Gasteiger partial charge in [0.15, 0.2) is 5.52 Å². The molecule has 0 aliphatic rings. The summed E-state index contributed by atoms with van der Waals surface area (Å²) in [6.07, 6.45) is 2.54. The van der Waals surface area contributed by atoms with E-state index >= 15 is 0 Å². The Morgan fingerprint density at radius 2 is 1.96 bits per heavy atom. The number of aliphatic carboxylic acids is 1. The number of nitrogens with zero attached hydrogens (tertiary/aromatic N) is 3. The number of rotatable bonds is 4. The number of imidazole rings is 1. The van der Waals surface area contributed by atoms with Gasteiger partial charge in [-0.15, -0.1) is 0 Å². The molecule has 0 bridgehead atoms. The molecule has 0 unspecified atom stereocenters. The van der Waals surface area contributed by atoms with Gasteiger partial charge < -0.3 is 10.1 Å². The Bertz CT molecular complexity index is 1100. The zero-order chi connectivity index (χ0) is 18.1. The summed E-state index contributed by atoms with van der Waals surface area (Å²) < 4.78 is 2.49. The number of H-pyrrole nitrogens is 1. The highest BCUT2D eigenvalue weighted by atomic mass is 16.4. The number of aryl methyl sites for hydroxylation is 1. The number of hydrogen-bond donors (Lipinski definition) is 2. The average Bonchev–Trinajstić information content (AvgIpc) is 3.05. The smallest absolute Gasteiger partial charge is 0.332 e. The number of benzene rings is 1. The first-order valence-electron chi connectivity index (χ1n) is 7.63. The molecular weight excluding hydrogens is 324 g/mol. The molecule has 0 atom stereocenters. The van der Waals surface area contributed by atoms with Crippen LogP contribution in [0.15, 0.2) is 39.9 Å². The van der Waals surface area contributed by atoms with Gasteiger partial charge in [0, 0.05) is 25.2 Å². The van der Waals surface area contributed by atoms with E-state index in [1.165, 1.54) is 10.6 Å². The molecule has 2 heterocycles. The molecule has 0 aliphatic heterocycles. The van der Waals surface area contributed by atoms with Gasteiger partial charge in [0.1, 0.15) is 11.5 Å². The number of hydrogen-bond acceptors (Lipinski definition) is 4. The number of carbonyl (C=O) groups is 1. The van der Waals surface area contributed by atoms with Gasteiger partial charge in [-0.3, -0.25) is 13.9 Å². The van der Waals surface area contributed by atoms with Crippen molar-refractivity contribution in [2.24, 2.45) is 7.05 Å². The third-order valence-corrected chi connectivity index (χ3v) is 3.90. The quantitative estimate of drug-likeness (QED) is 0.694. The molecule has 0 aliphatic carbocycles. The van der Waals surface area contributed by atoms with Crippen LogP contribution in [-0.2, 0) is 18.4 Å². The van der Waals surface area contributed by atoms with Crippen LogP contribution in [0.5, 0.6) is 0 Å². The first kappa shape index (κ1) is 16.4. The second-order valence-electron chi connectivity index (χ2n) is 5.47. The molecule has 0 radical (unpaired) electrons. The maximum Gasteiger partial charge on any atom is 0.332 e. The van der Waals surface area contributed by atoms with Crippen LogP contribution in [0.1, 0.15) is 12.5 Å². The number of nitrogens with one attached hydrogen (secondary N) is 1. The average molecular weight is 340 g/mol. The maximum absolute atomic E-state index is 12.4. The van der Waals surface area contributed by atoms with E-state index < -0.39 is 17.2 Å². The molecule has 8 nitrogen and oxygen atoms in total. The van der Waals surface area contributed by atoms with Gasteiger partial charge in [0.05, 0.1) is 0 Å². The van der Waals surface area contributed by atoms with E-state index in [2.05, 4.69) is 9.97 Å². The lowest BCUT2D eigenvalue weighted by atomic mass is 10.1. The molecule has 0 saturated heterocycles. The van der Waals surface area contributed by atoms with Crippen LogP contribution < -0.4 is 11.2 Å². The topological polar surface area (TPSA) is 110 Å². The van der Waals surface area contributed by atoms with Crippen molar-refractivity contribution < 1.29 is 9.90 Å². The molecule has 8 heteroatoms. The largest absolute Gasteiger partial charge is 0.478 e. The molecule has 0 amide bonds. The predicted octanol–water partition coefficient (Wildman–Crippen LogP) is 1.21. The fourth-order valence-corrected chi connectivity index (χ4v) is 2.58. The number of carboxylic acids is 1. The summed E-state index contributed by atoms with van der Waals surface area (Å²) in [6, 6.07) is 7.00. The monoisotopic (exact) mass is 340 g/mol. The van der Waals surface area contributed by atoms with Crippen molar-refractivity contribution in [3.05, 3.63) is 56.7 Å². The Morgan fingerprint density at radius 1 is 1.28 bits per heavy atom. The third kappa shape index (κ3) is 2.89. The van der Waals surface area contributed by atoms with Crippen LogP contribution in [0, 0.1) is 0 Å². The van der Waals surface area contributed by atoms with Gasteiger partial charge in [0.2, 0.25) is 0 Å². The van der Waals surface area contributed by atoms with E-state index in [0.717, 1.165) is 21.8 Å². The zero-order valence-electron chi connectivity index (χ0n) is 13.7. The standard InChI is InChI=1S/C17H16N4O4/c1-3-21-16(24)13-15(20(2)17(21)25)19-14(18-13)11-7-4-10(5-8-11)6-9-12(22)23/h4-9H,3H2,1-2H3,(H,18,19)(H,22,23). The molecule has 128 valence electrons. The summed E-state index contributed by atoms with van der Waals surface area (Å²) in [4.78, 5) is 42.4. The Balaban J connectivity index is 2.10. The SMILES string of the molecule is CCn1c(=O)c2nc(-c3ccc(C=CC(=O)O)cc3)[nH]c2n(C)c1=O. The van der Waals surface area contributed by atoms with Crippen molar-refractivity contribution in [1.29, 1.82) is 0 Å². The van der Waals surface area contributed by atoms with E-state index in [-0.39, 0.29) is 12.1 Å². The summed E-state index contributed by atoms with van der Waals surface area (Å²) in [6.45, 7) is 2.00. The Morgan fingerprint density at radius 3 is 2.56 bits per heavy atom. The van der Waals surface area contributed by atoms with E-state index in [1.54, 1.807) is 38.2 Å². The van der Waals surface area contributed by atoms with Gasteiger partial charge in [0.25, 0.3) is 5.56 Å². The van der Waals surface area contributed by atoms with Crippen molar-refractivity contribution in [3.8, 4) is 11.4 Å². The van der Waals surface area contributed by atoms with Crippen LogP contribution in [-0.4, -0.2) is 30.2 Å². The minimum atomic E-state index is -1.02. The Labute approximate surface area is 141 Å².